The minimum absolute atomic E-state index is 0.192. The maximum atomic E-state index is 5.95. The van der Waals surface area contributed by atoms with Crippen LogP contribution in [0.1, 0.15) is 17.6 Å². The van der Waals surface area contributed by atoms with E-state index < -0.39 is 0 Å². The van der Waals surface area contributed by atoms with Crippen molar-refractivity contribution in [2.24, 2.45) is 0 Å². The molecule has 3 aromatic rings. The highest BCUT2D eigenvalue weighted by molar-refractivity contribution is 5.75. The van der Waals surface area contributed by atoms with Crippen molar-refractivity contribution in [3.63, 3.8) is 0 Å². The van der Waals surface area contributed by atoms with Crippen molar-refractivity contribution in [3.05, 3.63) is 60.4 Å². The lowest BCUT2D eigenvalue weighted by atomic mass is 9.96. The predicted molar refractivity (Wildman–Crippen MR) is 82.5 cm³/mol. The van der Waals surface area contributed by atoms with Gasteiger partial charge in [0.25, 0.3) is 0 Å². The third-order valence-electron chi connectivity index (χ3n) is 4.20. The van der Waals surface area contributed by atoms with E-state index in [1.54, 1.807) is 0 Å². The van der Waals surface area contributed by atoms with Gasteiger partial charge in [-0.3, -0.25) is 0 Å². The summed E-state index contributed by atoms with van der Waals surface area (Å²) in [5, 5.41) is 3.43. The van der Waals surface area contributed by atoms with Gasteiger partial charge in [0.05, 0.1) is 29.4 Å². The van der Waals surface area contributed by atoms with Crippen molar-refractivity contribution in [2.45, 2.75) is 12.1 Å². The van der Waals surface area contributed by atoms with Gasteiger partial charge in [0.15, 0.2) is 0 Å². The normalized spacial score (nSPS) is 21.0. The average molecular weight is 279 g/mol. The summed E-state index contributed by atoms with van der Waals surface area (Å²) in [7, 11) is 2.00. The number of hydrogen-bond donors (Lipinski definition) is 1. The van der Waals surface area contributed by atoms with Crippen LogP contribution in [0.15, 0.2) is 54.9 Å². The number of aromatic nitrogens is 2. The summed E-state index contributed by atoms with van der Waals surface area (Å²) in [6.45, 7) is 0.642. The van der Waals surface area contributed by atoms with Gasteiger partial charge in [0, 0.05) is 5.56 Å². The third-order valence-corrected chi connectivity index (χ3v) is 4.20. The molecule has 2 aromatic carbocycles. The van der Waals surface area contributed by atoms with Crippen molar-refractivity contribution in [3.8, 4) is 5.75 Å². The molecule has 4 nitrogen and oxygen atoms in total. The minimum Gasteiger partial charge on any atom is -0.491 e. The number of likely N-dealkylation sites (N-methyl/N-ethyl adjacent to an activating group) is 1. The van der Waals surface area contributed by atoms with Gasteiger partial charge in [-0.05, 0) is 25.2 Å². The lowest BCUT2D eigenvalue weighted by Gasteiger charge is -2.34. The Morgan fingerprint density at radius 3 is 2.86 bits per heavy atom. The number of fused-ring (bicyclic) bond motifs is 2. The molecule has 0 bridgehead atoms. The van der Waals surface area contributed by atoms with Gasteiger partial charge >= 0.3 is 0 Å². The summed E-state index contributed by atoms with van der Waals surface area (Å²) in [6.07, 6.45) is 1.91. The summed E-state index contributed by atoms with van der Waals surface area (Å²) in [6, 6.07) is 16.8. The molecule has 0 amide bonds. The van der Waals surface area contributed by atoms with E-state index in [4.69, 9.17) is 4.74 Å². The van der Waals surface area contributed by atoms with Gasteiger partial charge in [-0.1, -0.05) is 30.3 Å². The first-order chi connectivity index (χ1) is 10.4. The number of imidazole rings is 1. The first-order valence-electron chi connectivity index (χ1n) is 7.19. The van der Waals surface area contributed by atoms with Crippen LogP contribution in [0, 0.1) is 0 Å². The van der Waals surface area contributed by atoms with Gasteiger partial charge in [-0.15, -0.1) is 0 Å². The van der Waals surface area contributed by atoms with Crippen molar-refractivity contribution in [2.75, 3.05) is 13.7 Å². The molecule has 0 saturated heterocycles. The van der Waals surface area contributed by atoms with E-state index in [1.807, 2.05) is 43.7 Å². The van der Waals surface area contributed by atoms with Crippen LogP contribution < -0.4 is 10.1 Å². The quantitative estimate of drug-likeness (QED) is 0.784. The van der Waals surface area contributed by atoms with Gasteiger partial charge in [-0.2, -0.15) is 0 Å². The summed E-state index contributed by atoms with van der Waals surface area (Å²) in [5.74, 6) is 0.970. The predicted octanol–water partition coefficient (Wildman–Crippen LogP) is 2.93. The number of nitrogens with one attached hydrogen (secondary N) is 1. The van der Waals surface area contributed by atoms with Crippen LogP contribution >= 0.6 is 0 Å². The van der Waals surface area contributed by atoms with Crippen LogP contribution in [0.3, 0.4) is 0 Å². The van der Waals surface area contributed by atoms with Crippen molar-refractivity contribution in [1.82, 2.24) is 14.9 Å². The zero-order chi connectivity index (χ0) is 14.2. The summed E-state index contributed by atoms with van der Waals surface area (Å²) in [5.41, 5.74) is 3.37. The van der Waals surface area contributed by atoms with Crippen LogP contribution in [0.2, 0.25) is 0 Å². The Morgan fingerprint density at radius 2 is 1.95 bits per heavy atom. The number of ether oxygens (including phenoxy) is 1. The molecule has 1 aromatic heterocycles. The lowest BCUT2D eigenvalue weighted by Crippen LogP contribution is -2.35. The van der Waals surface area contributed by atoms with E-state index in [1.165, 1.54) is 5.56 Å². The Balaban J connectivity index is 1.82. The molecule has 0 aliphatic carbocycles. The molecule has 106 valence electrons. The lowest BCUT2D eigenvalue weighted by molar-refractivity contribution is 0.186. The van der Waals surface area contributed by atoms with Gasteiger partial charge < -0.3 is 14.6 Å². The fourth-order valence-corrected chi connectivity index (χ4v) is 3.18. The standard InChI is InChI=1S/C17H17N3O/c1-18-17-12-6-2-5-9-16(12)21-10-15(17)20-11-19-13-7-3-4-8-14(13)20/h2-9,11,15,17-18H,10H2,1H3. The molecule has 21 heavy (non-hydrogen) atoms. The molecule has 0 spiro atoms. The Labute approximate surface area is 123 Å². The monoisotopic (exact) mass is 279 g/mol. The molecule has 1 aliphatic heterocycles. The second kappa shape index (κ2) is 4.90. The first kappa shape index (κ1) is 12.4. The van der Waals surface area contributed by atoms with Crippen molar-refractivity contribution < 1.29 is 4.74 Å². The molecule has 2 unspecified atom stereocenters. The maximum absolute atomic E-state index is 5.95. The zero-order valence-corrected chi connectivity index (χ0v) is 11.9. The summed E-state index contributed by atoms with van der Waals surface area (Å²) >= 11 is 0. The highest BCUT2D eigenvalue weighted by Gasteiger charge is 2.31. The number of nitrogens with zero attached hydrogens (tertiary/aromatic N) is 2. The smallest absolute Gasteiger partial charge is 0.124 e. The highest BCUT2D eigenvalue weighted by atomic mass is 16.5. The van der Waals surface area contributed by atoms with E-state index in [0.29, 0.717) is 6.61 Å². The Kier molecular flexibility index (Phi) is 2.89. The Morgan fingerprint density at radius 1 is 1.14 bits per heavy atom. The molecular weight excluding hydrogens is 262 g/mol. The average Bonchev–Trinajstić information content (AvgIpc) is 2.97. The maximum Gasteiger partial charge on any atom is 0.124 e. The molecule has 1 N–H and O–H groups in total. The molecule has 2 heterocycles. The largest absolute Gasteiger partial charge is 0.491 e. The van der Waals surface area contributed by atoms with Crippen LogP contribution in [-0.4, -0.2) is 23.2 Å². The second-order valence-electron chi connectivity index (χ2n) is 5.32. The van der Waals surface area contributed by atoms with Crippen molar-refractivity contribution >= 4 is 11.0 Å². The van der Waals surface area contributed by atoms with Crippen LogP contribution in [-0.2, 0) is 0 Å². The first-order valence-corrected chi connectivity index (χ1v) is 7.19. The molecule has 4 heteroatoms. The van der Waals surface area contributed by atoms with Gasteiger partial charge in [0.2, 0.25) is 0 Å². The number of rotatable bonds is 2. The van der Waals surface area contributed by atoms with Crippen molar-refractivity contribution in [1.29, 1.82) is 0 Å². The van der Waals surface area contributed by atoms with Crippen LogP contribution in [0.5, 0.6) is 5.75 Å². The number of benzene rings is 2. The second-order valence-corrected chi connectivity index (χ2v) is 5.32. The minimum atomic E-state index is 0.192. The Hall–Kier alpha value is -2.33. The molecular formula is C17H17N3O. The van der Waals surface area contributed by atoms with Crippen LogP contribution in [0.4, 0.5) is 0 Å². The summed E-state index contributed by atoms with van der Waals surface area (Å²) in [4.78, 5) is 4.50. The van der Waals surface area contributed by atoms with E-state index >= 15 is 0 Å². The molecule has 0 radical (unpaired) electrons. The molecule has 2 atom stereocenters. The number of para-hydroxylation sites is 3. The number of hydrogen-bond acceptors (Lipinski definition) is 3. The highest BCUT2D eigenvalue weighted by Crippen LogP contribution is 2.38. The third kappa shape index (κ3) is 1.91. The molecule has 4 rings (SSSR count). The fraction of sp³-hybridized carbons (Fsp3) is 0.235. The van der Waals surface area contributed by atoms with Gasteiger partial charge in [0.1, 0.15) is 12.4 Å². The van der Waals surface area contributed by atoms with Crippen LogP contribution in [0.25, 0.3) is 11.0 Å². The van der Waals surface area contributed by atoms with E-state index in [9.17, 15) is 0 Å². The zero-order valence-electron chi connectivity index (χ0n) is 11.9. The fourth-order valence-electron chi connectivity index (χ4n) is 3.18. The summed E-state index contributed by atoms with van der Waals surface area (Å²) < 4.78 is 8.17. The Bertz CT molecular complexity index is 780. The topological polar surface area (TPSA) is 39.1 Å². The van der Waals surface area contributed by atoms with Gasteiger partial charge in [-0.25, -0.2) is 4.98 Å². The molecule has 1 aliphatic rings. The SMILES string of the molecule is CNC1c2ccccc2OCC1n1cnc2ccccc21. The van der Waals surface area contributed by atoms with E-state index in [0.717, 1.165) is 16.8 Å². The van der Waals surface area contributed by atoms with E-state index in [2.05, 4.69) is 33.1 Å². The molecule has 0 fully saturated rings. The van der Waals surface area contributed by atoms with E-state index in [-0.39, 0.29) is 12.1 Å². The molecule has 0 saturated carbocycles.